The van der Waals surface area contributed by atoms with Crippen LogP contribution in [-0.4, -0.2) is 50.8 Å². The lowest BCUT2D eigenvalue weighted by Gasteiger charge is -2.32. The Morgan fingerprint density at radius 2 is 1.77 bits per heavy atom. The topological polar surface area (TPSA) is 66.9 Å². The third-order valence-electron chi connectivity index (χ3n) is 5.44. The summed E-state index contributed by atoms with van der Waals surface area (Å²) in [6.07, 6.45) is 1.07. The fraction of sp³-hybridized carbons (Fsp3) is 0.409. The van der Waals surface area contributed by atoms with Crippen molar-refractivity contribution in [3.8, 4) is 5.75 Å². The van der Waals surface area contributed by atoms with Gasteiger partial charge in [-0.1, -0.05) is 46.3 Å². The first-order valence-electron chi connectivity index (χ1n) is 9.89. The van der Waals surface area contributed by atoms with E-state index < -0.39 is 10.0 Å². The molecular formula is C22H27BrN2O4S. The Labute approximate surface area is 187 Å². The van der Waals surface area contributed by atoms with E-state index in [0.717, 1.165) is 21.3 Å². The van der Waals surface area contributed by atoms with E-state index in [1.807, 2.05) is 48.5 Å². The second-order valence-electron chi connectivity index (χ2n) is 7.56. The van der Waals surface area contributed by atoms with Crippen LogP contribution in [0.1, 0.15) is 24.0 Å². The van der Waals surface area contributed by atoms with Gasteiger partial charge in [-0.05, 0) is 36.6 Å². The summed E-state index contributed by atoms with van der Waals surface area (Å²) in [5, 5.41) is 0. The lowest BCUT2D eigenvalue weighted by Crippen LogP contribution is -2.43. The SMILES string of the molecule is COc1ccccc1CN(C)C(=O)C1CCN(S(=O)(=O)Cc2ccc(Br)cc2)CC1. The second-order valence-corrected chi connectivity index (χ2v) is 10.4. The quantitative estimate of drug-likeness (QED) is 0.588. The Morgan fingerprint density at radius 3 is 2.40 bits per heavy atom. The Kier molecular flexibility index (Phi) is 7.55. The molecule has 8 heteroatoms. The molecule has 0 aliphatic carbocycles. The Hall–Kier alpha value is -1.90. The molecule has 0 saturated carbocycles. The van der Waals surface area contributed by atoms with E-state index in [1.54, 1.807) is 19.1 Å². The fourth-order valence-electron chi connectivity index (χ4n) is 3.74. The molecular weight excluding hydrogens is 468 g/mol. The van der Waals surface area contributed by atoms with Crippen molar-refractivity contribution in [1.29, 1.82) is 0 Å². The molecule has 1 saturated heterocycles. The van der Waals surface area contributed by atoms with Crippen LogP contribution in [-0.2, 0) is 27.1 Å². The maximum Gasteiger partial charge on any atom is 0.225 e. The van der Waals surface area contributed by atoms with Crippen LogP contribution in [0.2, 0.25) is 0 Å². The molecule has 1 amide bonds. The van der Waals surface area contributed by atoms with E-state index in [0.29, 0.717) is 32.5 Å². The summed E-state index contributed by atoms with van der Waals surface area (Å²) in [6.45, 7) is 1.21. The molecule has 0 bridgehead atoms. The van der Waals surface area contributed by atoms with Crippen LogP contribution in [0.25, 0.3) is 0 Å². The van der Waals surface area contributed by atoms with Gasteiger partial charge in [-0.15, -0.1) is 0 Å². The third-order valence-corrected chi connectivity index (χ3v) is 7.81. The molecule has 1 aliphatic heterocycles. The highest BCUT2D eigenvalue weighted by Gasteiger charge is 2.32. The van der Waals surface area contributed by atoms with Crippen LogP contribution in [0.4, 0.5) is 0 Å². The van der Waals surface area contributed by atoms with E-state index >= 15 is 0 Å². The van der Waals surface area contributed by atoms with E-state index in [2.05, 4.69) is 15.9 Å². The molecule has 0 atom stereocenters. The molecule has 2 aromatic carbocycles. The highest BCUT2D eigenvalue weighted by atomic mass is 79.9. The van der Waals surface area contributed by atoms with Gasteiger partial charge in [0.1, 0.15) is 5.75 Å². The molecule has 162 valence electrons. The highest BCUT2D eigenvalue weighted by Crippen LogP contribution is 2.25. The van der Waals surface area contributed by atoms with Crippen LogP contribution >= 0.6 is 15.9 Å². The number of rotatable bonds is 7. The number of hydrogen-bond donors (Lipinski definition) is 0. The average molecular weight is 495 g/mol. The number of para-hydroxylation sites is 1. The standard InChI is InChI=1S/C22H27BrN2O4S/c1-24(15-19-5-3-4-6-21(19)29-2)22(26)18-11-13-25(14-12-18)30(27,28)16-17-7-9-20(23)10-8-17/h3-10,18H,11-16H2,1-2H3. The maximum atomic E-state index is 12.9. The zero-order chi connectivity index (χ0) is 21.7. The molecule has 0 N–H and O–H groups in total. The summed E-state index contributed by atoms with van der Waals surface area (Å²) >= 11 is 3.36. The minimum absolute atomic E-state index is 0.0212. The number of hydrogen-bond acceptors (Lipinski definition) is 4. The molecule has 2 aromatic rings. The first-order valence-corrected chi connectivity index (χ1v) is 12.3. The Bertz CT molecular complexity index is 971. The van der Waals surface area contributed by atoms with Gasteiger partial charge in [-0.2, -0.15) is 0 Å². The van der Waals surface area contributed by atoms with Crippen molar-refractivity contribution in [2.24, 2.45) is 5.92 Å². The third kappa shape index (κ3) is 5.62. The van der Waals surface area contributed by atoms with Crippen molar-refractivity contribution in [3.05, 3.63) is 64.1 Å². The van der Waals surface area contributed by atoms with Crippen LogP contribution in [0.15, 0.2) is 53.0 Å². The number of benzene rings is 2. The number of halogens is 1. The van der Waals surface area contributed by atoms with E-state index in [4.69, 9.17) is 4.74 Å². The number of piperidine rings is 1. The Morgan fingerprint density at radius 1 is 1.13 bits per heavy atom. The minimum atomic E-state index is -3.40. The largest absolute Gasteiger partial charge is 0.496 e. The number of carbonyl (C=O) groups excluding carboxylic acids is 1. The van der Waals surface area contributed by atoms with Crippen molar-refractivity contribution in [2.75, 3.05) is 27.2 Å². The molecule has 0 unspecified atom stereocenters. The number of methoxy groups -OCH3 is 1. The van der Waals surface area contributed by atoms with Crippen LogP contribution < -0.4 is 4.74 Å². The number of carbonyl (C=O) groups is 1. The molecule has 0 spiro atoms. The highest BCUT2D eigenvalue weighted by molar-refractivity contribution is 9.10. The summed E-state index contributed by atoms with van der Waals surface area (Å²) in [7, 11) is -0.000254. The van der Waals surface area contributed by atoms with Crippen molar-refractivity contribution in [1.82, 2.24) is 9.21 Å². The molecule has 6 nitrogen and oxygen atoms in total. The minimum Gasteiger partial charge on any atom is -0.496 e. The number of amides is 1. The predicted octanol–water partition coefficient (Wildman–Crippen LogP) is 3.66. The average Bonchev–Trinajstić information content (AvgIpc) is 2.75. The molecule has 0 radical (unpaired) electrons. The van der Waals surface area contributed by atoms with Crippen molar-refractivity contribution < 1.29 is 17.9 Å². The normalized spacial score (nSPS) is 15.7. The summed E-state index contributed by atoms with van der Waals surface area (Å²) in [4.78, 5) is 14.6. The van der Waals surface area contributed by atoms with Gasteiger partial charge >= 0.3 is 0 Å². The van der Waals surface area contributed by atoms with Crippen LogP contribution in [0, 0.1) is 5.92 Å². The van der Waals surface area contributed by atoms with Gasteiger partial charge in [-0.25, -0.2) is 12.7 Å². The first-order chi connectivity index (χ1) is 14.3. The van der Waals surface area contributed by atoms with E-state index in [9.17, 15) is 13.2 Å². The summed E-state index contributed by atoms with van der Waals surface area (Å²) < 4.78 is 33.3. The van der Waals surface area contributed by atoms with Gasteiger partial charge in [0.2, 0.25) is 15.9 Å². The Balaban J connectivity index is 1.56. The summed E-state index contributed by atoms with van der Waals surface area (Å²) in [5.74, 6) is 0.618. The summed E-state index contributed by atoms with van der Waals surface area (Å²) in [6, 6.07) is 14.9. The van der Waals surface area contributed by atoms with Gasteiger partial charge in [0.15, 0.2) is 0 Å². The molecule has 1 heterocycles. The van der Waals surface area contributed by atoms with Gasteiger partial charge in [0.25, 0.3) is 0 Å². The maximum absolute atomic E-state index is 12.9. The van der Waals surface area contributed by atoms with Crippen LogP contribution in [0.3, 0.4) is 0 Å². The number of nitrogens with zero attached hydrogens (tertiary/aromatic N) is 2. The predicted molar refractivity (Wildman–Crippen MR) is 121 cm³/mol. The number of ether oxygens (including phenoxy) is 1. The zero-order valence-corrected chi connectivity index (χ0v) is 19.7. The van der Waals surface area contributed by atoms with E-state index in [-0.39, 0.29) is 17.6 Å². The molecule has 30 heavy (non-hydrogen) atoms. The van der Waals surface area contributed by atoms with Gasteiger partial charge in [0, 0.05) is 42.6 Å². The van der Waals surface area contributed by atoms with Crippen LogP contribution in [0.5, 0.6) is 5.75 Å². The lowest BCUT2D eigenvalue weighted by molar-refractivity contribution is -0.135. The van der Waals surface area contributed by atoms with Gasteiger partial charge in [-0.3, -0.25) is 4.79 Å². The van der Waals surface area contributed by atoms with Gasteiger partial charge in [0.05, 0.1) is 12.9 Å². The van der Waals surface area contributed by atoms with Gasteiger partial charge < -0.3 is 9.64 Å². The molecule has 3 rings (SSSR count). The zero-order valence-electron chi connectivity index (χ0n) is 17.3. The van der Waals surface area contributed by atoms with Crippen molar-refractivity contribution >= 4 is 31.9 Å². The molecule has 1 aliphatic rings. The molecule has 1 fully saturated rings. The number of sulfonamides is 1. The van der Waals surface area contributed by atoms with Crippen molar-refractivity contribution in [3.63, 3.8) is 0 Å². The lowest BCUT2D eigenvalue weighted by atomic mass is 9.96. The van der Waals surface area contributed by atoms with E-state index in [1.165, 1.54) is 4.31 Å². The second kappa shape index (κ2) is 9.94. The summed E-state index contributed by atoms with van der Waals surface area (Å²) in [5.41, 5.74) is 1.71. The van der Waals surface area contributed by atoms with Crippen molar-refractivity contribution in [2.45, 2.75) is 25.1 Å². The monoisotopic (exact) mass is 494 g/mol. The smallest absolute Gasteiger partial charge is 0.225 e. The fourth-order valence-corrected chi connectivity index (χ4v) is 5.57. The first kappa shape index (κ1) is 22.8. The molecule has 0 aromatic heterocycles.